The van der Waals surface area contributed by atoms with E-state index in [4.69, 9.17) is 10.1 Å². The van der Waals surface area contributed by atoms with Crippen LogP contribution < -0.4 is 5.56 Å². The van der Waals surface area contributed by atoms with Crippen molar-refractivity contribution in [3.05, 3.63) is 103 Å². The van der Waals surface area contributed by atoms with Gasteiger partial charge in [-0.3, -0.25) is 24.2 Å². The van der Waals surface area contributed by atoms with E-state index in [0.717, 1.165) is 95.7 Å². The number of likely N-dealkylation sites (tertiary alicyclic amines) is 2. The first-order valence-electron chi connectivity index (χ1n) is 26.7. The number of thiazole rings is 1. The number of benzene rings is 2. The number of carbonyl (C=O) groups is 2. The van der Waals surface area contributed by atoms with Gasteiger partial charge in [-0.15, -0.1) is 21.5 Å². The summed E-state index contributed by atoms with van der Waals surface area (Å²) in [4.78, 5) is 60.1. The molecule has 1 atom stereocenters. The molecule has 2 bridgehead atoms. The number of aryl methyl sites for hydroxylation is 2. The second-order valence-corrected chi connectivity index (χ2v) is 23.7. The van der Waals surface area contributed by atoms with E-state index < -0.39 is 5.82 Å². The van der Waals surface area contributed by atoms with E-state index in [1.807, 2.05) is 28.4 Å². The lowest BCUT2D eigenvalue weighted by atomic mass is 9.34. The van der Waals surface area contributed by atoms with E-state index >= 15 is 4.39 Å². The van der Waals surface area contributed by atoms with E-state index in [0.29, 0.717) is 73.0 Å². The number of rotatable bonds is 13. The molecule has 5 aliphatic heterocycles. The average Bonchev–Trinajstić information content (AvgIpc) is 4.05. The van der Waals surface area contributed by atoms with E-state index in [1.165, 1.54) is 91.2 Å². The van der Waals surface area contributed by atoms with Gasteiger partial charge in [0.1, 0.15) is 22.5 Å². The SMILES string of the molecule is Cc1sc(CN2CCCC2c2nnc3n2CCCCC3)nc1C12CC(CN3CCN(CC4CCN(CC(=O)N5CCN(C(=O)c6cc(Cc7n[nH]c(=O)c8ccccc78)ccc6F)CC5)CC4)CC3)(C1)C2. The predicted molar refractivity (Wildman–Crippen MR) is 271 cm³/mol. The molecular weight excluding hydrogens is 916 g/mol. The number of aromatic nitrogens is 6. The Morgan fingerprint density at radius 1 is 0.803 bits per heavy atom. The maximum absolute atomic E-state index is 15.1. The summed E-state index contributed by atoms with van der Waals surface area (Å²) < 4.78 is 17.6. The summed E-state index contributed by atoms with van der Waals surface area (Å²) in [7, 11) is 0. The lowest BCUT2D eigenvalue weighted by Gasteiger charge is -2.71. The Morgan fingerprint density at radius 2 is 1.56 bits per heavy atom. The summed E-state index contributed by atoms with van der Waals surface area (Å²) in [5.41, 5.74) is 3.31. The van der Waals surface area contributed by atoms with Crippen LogP contribution >= 0.6 is 11.3 Å². The van der Waals surface area contributed by atoms with Crippen molar-refractivity contribution in [2.24, 2.45) is 11.3 Å². The first kappa shape index (κ1) is 47.1. The third-order valence-corrected chi connectivity index (χ3v) is 18.5. The van der Waals surface area contributed by atoms with Gasteiger partial charge in [-0.1, -0.05) is 30.7 Å². The number of nitrogens with zero attached hydrogens (tertiary/aromatic N) is 11. The van der Waals surface area contributed by atoms with Crippen LogP contribution in [0, 0.1) is 24.1 Å². The van der Waals surface area contributed by atoms with Crippen molar-refractivity contribution in [1.82, 2.24) is 59.3 Å². The summed E-state index contributed by atoms with van der Waals surface area (Å²) in [6, 6.07) is 12.2. The lowest BCUT2D eigenvalue weighted by molar-refractivity contribution is -0.160. The van der Waals surface area contributed by atoms with Crippen LogP contribution in [0.4, 0.5) is 4.39 Å². The molecule has 3 saturated carbocycles. The molecule has 8 aliphatic rings. The van der Waals surface area contributed by atoms with Crippen molar-refractivity contribution in [2.45, 2.75) is 109 Å². The second-order valence-electron chi connectivity index (χ2n) is 22.4. The Bertz CT molecular complexity index is 2820. The van der Waals surface area contributed by atoms with Crippen LogP contribution in [0.5, 0.6) is 0 Å². The van der Waals surface area contributed by atoms with Crippen LogP contribution in [-0.2, 0) is 36.1 Å². The smallest absolute Gasteiger partial charge is 0.272 e. The monoisotopic (exact) mass is 985 g/mol. The van der Waals surface area contributed by atoms with E-state index in [2.05, 4.69) is 46.4 Å². The fourth-order valence-corrected chi connectivity index (χ4v) is 15.0. The number of fused-ring (bicyclic) bond motifs is 2. The maximum Gasteiger partial charge on any atom is 0.272 e. The van der Waals surface area contributed by atoms with Crippen molar-refractivity contribution < 1.29 is 14.0 Å². The van der Waals surface area contributed by atoms with Gasteiger partial charge in [-0.05, 0) is 119 Å². The Hall–Kier alpha value is -4.94. The molecule has 2 aromatic carbocycles. The predicted octanol–water partition coefficient (Wildman–Crippen LogP) is 5.81. The van der Waals surface area contributed by atoms with Crippen molar-refractivity contribution in [3.63, 3.8) is 0 Å². The molecule has 17 heteroatoms. The minimum absolute atomic E-state index is 0.00946. The quantitative estimate of drug-likeness (QED) is 0.153. The van der Waals surface area contributed by atoms with Crippen molar-refractivity contribution in [3.8, 4) is 0 Å². The number of H-pyrrole nitrogens is 1. The zero-order valence-electron chi connectivity index (χ0n) is 41.4. The zero-order chi connectivity index (χ0) is 48.3. The molecule has 5 aromatic rings. The number of nitrogens with one attached hydrogen (secondary N) is 1. The summed E-state index contributed by atoms with van der Waals surface area (Å²) in [5, 5.41) is 18.7. The number of hydrogen-bond donors (Lipinski definition) is 1. The first-order valence-corrected chi connectivity index (χ1v) is 27.5. The second kappa shape index (κ2) is 19.5. The molecule has 3 aliphatic carbocycles. The van der Waals surface area contributed by atoms with Crippen LogP contribution in [-0.4, -0.2) is 163 Å². The van der Waals surface area contributed by atoms with Crippen LogP contribution in [0.3, 0.4) is 0 Å². The molecule has 15 nitrogen and oxygen atoms in total. The van der Waals surface area contributed by atoms with Crippen molar-refractivity contribution in [1.29, 1.82) is 0 Å². The van der Waals surface area contributed by atoms with Gasteiger partial charge in [0.25, 0.3) is 11.5 Å². The number of aromatic amines is 1. The van der Waals surface area contributed by atoms with E-state index in [9.17, 15) is 14.4 Å². The first-order chi connectivity index (χ1) is 34.6. The lowest BCUT2D eigenvalue weighted by Crippen LogP contribution is -2.69. The third kappa shape index (κ3) is 9.38. The van der Waals surface area contributed by atoms with E-state index in [-0.39, 0.29) is 22.9 Å². The largest absolute Gasteiger partial charge is 0.338 e. The normalized spacial score (nSPS) is 25.8. The summed E-state index contributed by atoms with van der Waals surface area (Å²) in [6.07, 6.45) is 13.6. The van der Waals surface area contributed by atoms with Gasteiger partial charge in [-0.25, -0.2) is 14.5 Å². The number of carbonyl (C=O) groups excluding carboxylic acids is 2. The summed E-state index contributed by atoms with van der Waals surface area (Å²) in [6.45, 7) is 16.3. The Morgan fingerprint density at radius 3 is 2.37 bits per heavy atom. The Labute approximate surface area is 419 Å². The van der Waals surface area contributed by atoms with Gasteiger partial charge < -0.3 is 24.2 Å². The van der Waals surface area contributed by atoms with Gasteiger partial charge in [-0.2, -0.15) is 5.10 Å². The molecule has 0 spiro atoms. The highest BCUT2D eigenvalue weighted by atomic mass is 32.1. The number of hydrogen-bond acceptors (Lipinski definition) is 12. The molecule has 1 unspecified atom stereocenters. The highest BCUT2D eigenvalue weighted by molar-refractivity contribution is 7.11. The molecule has 1 N–H and O–H groups in total. The summed E-state index contributed by atoms with van der Waals surface area (Å²) in [5.74, 6) is 2.19. The number of amides is 2. The van der Waals surface area contributed by atoms with Crippen LogP contribution in [0.15, 0.2) is 47.3 Å². The third-order valence-electron chi connectivity index (χ3n) is 17.6. The molecule has 13 rings (SSSR count). The topological polar surface area (TPSA) is 143 Å². The minimum Gasteiger partial charge on any atom is -0.338 e. The van der Waals surface area contributed by atoms with Gasteiger partial charge in [0.2, 0.25) is 5.91 Å². The van der Waals surface area contributed by atoms with Gasteiger partial charge in [0.15, 0.2) is 0 Å². The fourth-order valence-electron chi connectivity index (χ4n) is 13.9. The standard InChI is InChI=1S/C54H69FN12O3S/c1-37-49(56-47(71-37)31-66-16-7-10-45(66)50-59-58-46-11-3-2-6-17-67(46)50)54-33-53(34-54,35-54)36-63-22-20-62(21-23-63)30-38-14-18-61(19-15-38)32-48(68)64-24-26-65(27-25-64)52(70)42-28-39(12-13-43(42)55)29-44-40-8-4-5-9-41(40)51(69)60-57-44/h4-5,8-9,12-13,28,38,45H,2-3,6-7,10-11,14-27,29-36H2,1H3,(H,60,69). The molecular formula is C54H69FN12O3S. The van der Waals surface area contributed by atoms with Crippen molar-refractivity contribution >= 4 is 33.9 Å². The Balaban J connectivity index is 0.550. The number of piperazine rings is 2. The van der Waals surface area contributed by atoms with Gasteiger partial charge in [0.05, 0.1) is 41.5 Å². The van der Waals surface area contributed by atoms with E-state index in [1.54, 1.807) is 29.2 Å². The number of halogens is 1. The van der Waals surface area contributed by atoms with Crippen LogP contribution in [0.2, 0.25) is 0 Å². The molecule has 8 heterocycles. The highest BCUT2D eigenvalue weighted by Crippen LogP contribution is 2.74. The van der Waals surface area contributed by atoms with Crippen LogP contribution in [0.1, 0.15) is 119 Å². The molecule has 3 aromatic heterocycles. The van der Waals surface area contributed by atoms with Crippen molar-refractivity contribution in [2.75, 3.05) is 91.6 Å². The molecule has 2 amide bonds. The van der Waals surface area contributed by atoms with Crippen LogP contribution in [0.25, 0.3) is 10.8 Å². The fraction of sp³-hybridized carbons (Fsp3) is 0.611. The molecule has 71 heavy (non-hydrogen) atoms. The molecule has 4 saturated heterocycles. The molecule has 0 radical (unpaired) electrons. The average molecular weight is 985 g/mol. The maximum atomic E-state index is 15.1. The minimum atomic E-state index is -0.577. The number of piperidine rings is 1. The molecule has 7 fully saturated rings. The zero-order valence-corrected chi connectivity index (χ0v) is 42.2. The summed E-state index contributed by atoms with van der Waals surface area (Å²) >= 11 is 1.93. The molecule has 376 valence electrons. The highest BCUT2D eigenvalue weighted by Gasteiger charge is 2.69. The Kier molecular flexibility index (Phi) is 12.9. The van der Waals surface area contributed by atoms with Gasteiger partial charge >= 0.3 is 0 Å². The van der Waals surface area contributed by atoms with Gasteiger partial charge in [0, 0.05) is 101 Å².